The van der Waals surface area contributed by atoms with Crippen LogP contribution in [0.3, 0.4) is 0 Å². The molecule has 2 aromatic rings. The highest BCUT2D eigenvalue weighted by Gasteiger charge is 2.29. The van der Waals surface area contributed by atoms with Crippen molar-refractivity contribution in [3.8, 4) is 0 Å². The number of hydrogen-bond acceptors (Lipinski definition) is 4. The molecule has 0 fully saturated rings. The van der Waals surface area contributed by atoms with Gasteiger partial charge in [-0.05, 0) is 68.5 Å². The van der Waals surface area contributed by atoms with Gasteiger partial charge in [0.1, 0.15) is 6.04 Å². The number of halogens is 2. The Bertz CT molecular complexity index is 1190. The second-order valence-corrected chi connectivity index (χ2v) is 11.5. The smallest absolute Gasteiger partial charge is 0.242 e. The second-order valence-electron chi connectivity index (χ2n) is 8.73. The summed E-state index contributed by atoms with van der Waals surface area (Å²) in [6, 6.07) is 9.85. The van der Waals surface area contributed by atoms with E-state index in [1.807, 2.05) is 39.8 Å². The number of nitrogens with zero attached hydrogens (tertiary/aromatic N) is 2. The number of amides is 2. The summed E-state index contributed by atoms with van der Waals surface area (Å²) >= 11 is 12.4. The zero-order chi connectivity index (χ0) is 27.0. The minimum Gasteiger partial charge on any atom is -0.355 e. The van der Waals surface area contributed by atoms with Crippen molar-refractivity contribution in [2.45, 2.75) is 59.5 Å². The third-order valence-electron chi connectivity index (χ3n) is 6.09. The molecule has 0 radical (unpaired) electrons. The predicted octanol–water partition coefficient (Wildman–Crippen LogP) is 5.10. The summed E-state index contributed by atoms with van der Waals surface area (Å²) in [6.45, 7) is 8.19. The van der Waals surface area contributed by atoms with Crippen LogP contribution in [-0.4, -0.2) is 50.5 Å². The molecule has 2 rings (SSSR count). The number of aryl methyl sites for hydroxylation is 1. The lowest BCUT2D eigenvalue weighted by atomic mass is 10.1. The van der Waals surface area contributed by atoms with Gasteiger partial charge in [-0.15, -0.1) is 0 Å². The molecular formula is C26H35Cl2N3O4S. The van der Waals surface area contributed by atoms with Crippen molar-refractivity contribution in [1.29, 1.82) is 0 Å². The maximum atomic E-state index is 13.4. The molecule has 0 aliphatic heterocycles. The van der Waals surface area contributed by atoms with Crippen molar-refractivity contribution in [3.05, 3.63) is 63.1 Å². The van der Waals surface area contributed by atoms with Gasteiger partial charge in [0.25, 0.3) is 0 Å². The summed E-state index contributed by atoms with van der Waals surface area (Å²) in [5, 5.41) is 3.68. The van der Waals surface area contributed by atoms with Crippen LogP contribution in [0, 0.1) is 13.8 Å². The van der Waals surface area contributed by atoms with Gasteiger partial charge in [0.2, 0.25) is 21.8 Å². The molecule has 1 N–H and O–H groups in total. The lowest BCUT2D eigenvalue weighted by molar-refractivity contribution is -0.141. The Morgan fingerprint density at radius 1 is 1.08 bits per heavy atom. The Labute approximate surface area is 224 Å². The molecule has 7 nitrogen and oxygen atoms in total. The summed E-state index contributed by atoms with van der Waals surface area (Å²) in [6.07, 6.45) is 1.93. The second kappa shape index (κ2) is 13.3. The van der Waals surface area contributed by atoms with Crippen LogP contribution in [-0.2, 0) is 26.2 Å². The number of anilines is 1. The predicted molar refractivity (Wildman–Crippen MR) is 147 cm³/mol. The van der Waals surface area contributed by atoms with Crippen molar-refractivity contribution in [2.75, 3.05) is 23.7 Å². The van der Waals surface area contributed by atoms with E-state index in [0.717, 1.165) is 17.4 Å². The van der Waals surface area contributed by atoms with Gasteiger partial charge in [0.15, 0.2) is 0 Å². The number of likely N-dealkylation sites (N-methyl/N-ethyl adjacent to an activating group) is 1. The Morgan fingerprint density at radius 2 is 1.78 bits per heavy atom. The van der Waals surface area contributed by atoms with Gasteiger partial charge >= 0.3 is 0 Å². The van der Waals surface area contributed by atoms with Gasteiger partial charge in [-0.3, -0.25) is 13.9 Å². The van der Waals surface area contributed by atoms with Gasteiger partial charge in [-0.2, -0.15) is 0 Å². The molecule has 0 unspecified atom stereocenters. The van der Waals surface area contributed by atoms with Gasteiger partial charge in [0.05, 0.1) is 11.9 Å². The highest BCUT2D eigenvalue weighted by molar-refractivity contribution is 7.92. The number of benzene rings is 2. The Morgan fingerprint density at radius 3 is 2.36 bits per heavy atom. The maximum absolute atomic E-state index is 13.4. The SMILES string of the molecule is CCNC(=O)[C@@H](CC)N(Cc1ccc(Cl)cc1Cl)C(=O)CCCN(c1cccc(C)c1C)S(C)(=O)=O. The van der Waals surface area contributed by atoms with Crippen molar-refractivity contribution in [2.24, 2.45) is 0 Å². The fourth-order valence-electron chi connectivity index (χ4n) is 4.03. The van der Waals surface area contributed by atoms with Crippen molar-refractivity contribution in [1.82, 2.24) is 10.2 Å². The Hall–Kier alpha value is -2.29. The van der Waals surface area contributed by atoms with Crippen LogP contribution in [0.25, 0.3) is 0 Å². The zero-order valence-corrected chi connectivity index (χ0v) is 23.8. The number of sulfonamides is 1. The standard InChI is InChI=1S/C26H35Cl2N3O4S/c1-6-23(26(33)29-7-2)30(17-20-13-14-21(27)16-22(20)28)25(32)12-9-15-31(36(5,34)35)24-11-8-10-18(3)19(24)4/h8,10-11,13-14,16,23H,6-7,9,12,15,17H2,1-5H3,(H,29,33)/t23-/m1/s1. The molecule has 0 aromatic heterocycles. The molecule has 36 heavy (non-hydrogen) atoms. The molecule has 2 amide bonds. The van der Waals surface area contributed by atoms with E-state index >= 15 is 0 Å². The van der Waals surface area contributed by atoms with E-state index in [0.29, 0.717) is 34.3 Å². The number of carbonyl (C=O) groups is 2. The van der Waals surface area contributed by atoms with Crippen LogP contribution >= 0.6 is 23.2 Å². The summed E-state index contributed by atoms with van der Waals surface area (Å²) in [7, 11) is -3.56. The van der Waals surface area contributed by atoms with Crippen molar-refractivity contribution >= 4 is 50.7 Å². The fourth-order valence-corrected chi connectivity index (χ4v) is 5.52. The molecule has 0 aliphatic carbocycles. The van der Waals surface area contributed by atoms with E-state index in [1.165, 1.54) is 9.21 Å². The molecule has 2 aromatic carbocycles. The maximum Gasteiger partial charge on any atom is 0.242 e. The fraction of sp³-hybridized carbons (Fsp3) is 0.462. The summed E-state index contributed by atoms with van der Waals surface area (Å²) in [5.41, 5.74) is 3.13. The first-order chi connectivity index (χ1) is 16.9. The Kier molecular flexibility index (Phi) is 11.1. The van der Waals surface area contributed by atoms with E-state index in [-0.39, 0.29) is 37.7 Å². The van der Waals surface area contributed by atoms with Crippen LogP contribution in [0.15, 0.2) is 36.4 Å². The summed E-state index contributed by atoms with van der Waals surface area (Å²) in [5.74, 6) is -0.500. The molecule has 0 spiro atoms. The minimum atomic E-state index is -3.56. The van der Waals surface area contributed by atoms with Crippen LogP contribution < -0.4 is 9.62 Å². The van der Waals surface area contributed by atoms with Crippen LogP contribution in [0.5, 0.6) is 0 Å². The average molecular weight is 557 g/mol. The molecule has 0 bridgehead atoms. The molecule has 1 atom stereocenters. The molecule has 198 valence electrons. The van der Waals surface area contributed by atoms with Crippen LogP contribution in [0.4, 0.5) is 5.69 Å². The van der Waals surface area contributed by atoms with E-state index in [1.54, 1.807) is 24.3 Å². The lowest BCUT2D eigenvalue weighted by Gasteiger charge is -2.31. The molecule has 0 saturated heterocycles. The molecular weight excluding hydrogens is 521 g/mol. The first-order valence-corrected chi connectivity index (χ1v) is 14.6. The van der Waals surface area contributed by atoms with Crippen molar-refractivity contribution < 1.29 is 18.0 Å². The first kappa shape index (κ1) is 29.9. The molecule has 0 heterocycles. The quantitative estimate of drug-likeness (QED) is 0.394. The third kappa shape index (κ3) is 7.85. The summed E-state index contributed by atoms with van der Waals surface area (Å²) in [4.78, 5) is 27.7. The Balaban J connectivity index is 2.27. The first-order valence-electron chi connectivity index (χ1n) is 12.0. The largest absolute Gasteiger partial charge is 0.355 e. The topological polar surface area (TPSA) is 86.8 Å². The van der Waals surface area contributed by atoms with Gasteiger partial charge in [0, 0.05) is 36.1 Å². The van der Waals surface area contributed by atoms with E-state index < -0.39 is 16.1 Å². The van der Waals surface area contributed by atoms with E-state index in [2.05, 4.69) is 5.32 Å². The van der Waals surface area contributed by atoms with Crippen LogP contribution in [0.2, 0.25) is 10.0 Å². The number of hydrogen-bond donors (Lipinski definition) is 1. The monoisotopic (exact) mass is 555 g/mol. The summed E-state index contributed by atoms with van der Waals surface area (Å²) < 4.78 is 26.5. The average Bonchev–Trinajstić information content (AvgIpc) is 2.79. The molecule has 0 aliphatic rings. The third-order valence-corrected chi connectivity index (χ3v) is 7.86. The van der Waals surface area contributed by atoms with Crippen LogP contribution in [0.1, 0.15) is 49.8 Å². The highest BCUT2D eigenvalue weighted by Crippen LogP contribution is 2.27. The van der Waals surface area contributed by atoms with Gasteiger partial charge in [-0.1, -0.05) is 48.3 Å². The van der Waals surface area contributed by atoms with Crippen molar-refractivity contribution in [3.63, 3.8) is 0 Å². The van der Waals surface area contributed by atoms with Gasteiger partial charge < -0.3 is 10.2 Å². The van der Waals surface area contributed by atoms with Gasteiger partial charge in [-0.25, -0.2) is 8.42 Å². The van der Waals surface area contributed by atoms with E-state index in [9.17, 15) is 18.0 Å². The molecule has 10 heteroatoms. The molecule has 0 saturated carbocycles. The highest BCUT2D eigenvalue weighted by atomic mass is 35.5. The zero-order valence-electron chi connectivity index (χ0n) is 21.5. The number of nitrogens with one attached hydrogen (secondary N) is 1. The number of rotatable bonds is 12. The normalized spacial score (nSPS) is 12.2. The van der Waals surface area contributed by atoms with E-state index in [4.69, 9.17) is 23.2 Å². The lowest BCUT2D eigenvalue weighted by Crippen LogP contribution is -2.49. The number of carbonyl (C=O) groups excluding carboxylic acids is 2. The minimum absolute atomic E-state index is 0.0675.